The first-order chi connectivity index (χ1) is 13.6. The second kappa shape index (κ2) is 9.97. The van der Waals surface area contributed by atoms with Gasteiger partial charge in [0.1, 0.15) is 17.6 Å². The molecule has 2 aromatic rings. The number of pyridine rings is 1. The lowest BCUT2D eigenvalue weighted by atomic mass is 9.93. The SMILES string of the molecule is CCOc1ccc(OCC(=O)NC2CCC(Oc3ccc(C)cn3)CC2)cc1. The minimum Gasteiger partial charge on any atom is -0.494 e. The van der Waals surface area contributed by atoms with Crippen LogP contribution in [0.4, 0.5) is 0 Å². The van der Waals surface area contributed by atoms with E-state index in [0.29, 0.717) is 18.2 Å². The van der Waals surface area contributed by atoms with Gasteiger partial charge in [0.25, 0.3) is 5.91 Å². The van der Waals surface area contributed by atoms with E-state index in [0.717, 1.165) is 37.0 Å². The van der Waals surface area contributed by atoms with Crippen LogP contribution in [0, 0.1) is 6.92 Å². The first-order valence-corrected chi connectivity index (χ1v) is 9.86. The van der Waals surface area contributed by atoms with Crippen molar-refractivity contribution < 1.29 is 19.0 Å². The van der Waals surface area contributed by atoms with Gasteiger partial charge in [-0.15, -0.1) is 0 Å². The van der Waals surface area contributed by atoms with Crippen molar-refractivity contribution in [2.24, 2.45) is 0 Å². The monoisotopic (exact) mass is 384 g/mol. The van der Waals surface area contributed by atoms with E-state index in [1.165, 1.54) is 0 Å². The zero-order chi connectivity index (χ0) is 19.8. The van der Waals surface area contributed by atoms with Gasteiger partial charge in [-0.2, -0.15) is 0 Å². The molecule has 1 saturated carbocycles. The fourth-order valence-electron chi connectivity index (χ4n) is 3.24. The third-order valence-corrected chi connectivity index (χ3v) is 4.72. The molecular formula is C22H28N2O4. The molecule has 1 heterocycles. The van der Waals surface area contributed by atoms with Crippen LogP contribution in [0.1, 0.15) is 38.2 Å². The quantitative estimate of drug-likeness (QED) is 0.752. The summed E-state index contributed by atoms with van der Waals surface area (Å²) in [7, 11) is 0. The zero-order valence-electron chi connectivity index (χ0n) is 16.5. The summed E-state index contributed by atoms with van der Waals surface area (Å²) >= 11 is 0. The largest absolute Gasteiger partial charge is 0.494 e. The Labute approximate surface area is 166 Å². The van der Waals surface area contributed by atoms with Crippen LogP contribution in [0.25, 0.3) is 0 Å². The van der Waals surface area contributed by atoms with Gasteiger partial charge in [-0.3, -0.25) is 4.79 Å². The molecule has 1 aromatic carbocycles. The maximum Gasteiger partial charge on any atom is 0.258 e. The van der Waals surface area contributed by atoms with Crippen molar-refractivity contribution in [2.45, 2.75) is 51.7 Å². The smallest absolute Gasteiger partial charge is 0.258 e. The Morgan fingerprint density at radius 2 is 1.71 bits per heavy atom. The number of amides is 1. The van der Waals surface area contributed by atoms with E-state index < -0.39 is 0 Å². The fourth-order valence-corrected chi connectivity index (χ4v) is 3.24. The Balaban J connectivity index is 1.35. The lowest BCUT2D eigenvalue weighted by molar-refractivity contribution is -0.124. The number of hydrogen-bond donors (Lipinski definition) is 1. The summed E-state index contributed by atoms with van der Waals surface area (Å²) in [6.07, 6.45) is 5.56. The van der Waals surface area contributed by atoms with Crippen molar-refractivity contribution in [1.29, 1.82) is 0 Å². The van der Waals surface area contributed by atoms with Crippen molar-refractivity contribution >= 4 is 5.91 Å². The number of ether oxygens (including phenoxy) is 3. The van der Waals surface area contributed by atoms with Crippen LogP contribution in [0.15, 0.2) is 42.6 Å². The average Bonchev–Trinajstić information content (AvgIpc) is 2.71. The van der Waals surface area contributed by atoms with Crippen LogP contribution in [0.3, 0.4) is 0 Å². The van der Waals surface area contributed by atoms with Gasteiger partial charge in [0, 0.05) is 18.3 Å². The summed E-state index contributed by atoms with van der Waals surface area (Å²) in [5.41, 5.74) is 1.12. The highest BCUT2D eigenvalue weighted by molar-refractivity contribution is 5.77. The number of carbonyl (C=O) groups is 1. The highest BCUT2D eigenvalue weighted by Crippen LogP contribution is 2.23. The van der Waals surface area contributed by atoms with Crippen molar-refractivity contribution in [1.82, 2.24) is 10.3 Å². The molecule has 28 heavy (non-hydrogen) atoms. The normalized spacial score (nSPS) is 18.9. The second-order valence-electron chi connectivity index (χ2n) is 7.03. The Morgan fingerprint density at radius 1 is 1.04 bits per heavy atom. The summed E-state index contributed by atoms with van der Waals surface area (Å²) in [6, 6.07) is 11.4. The number of aromatic nitrogens is 1. The number of nitrogens with one attached hydrogen (secondary N) is 1. The van der Waals surface area contributed by atoms with Gasteiger partial charge in [-0.25, -0.2) is 4.98 Å². The molecule has 0 atom stereocenters. The van der Waals surface area contributed by atoms with E-state index in [1.807, 2.05) is 44.3 Å². The molecule has 0 spiro atoms. The Kier molecular flexibility index (Phi) is 7.12. The number of aryl methyl sites for hydroxylation is 1. The number of hydrogen-bond acceptors (Lipinski definition) is 5. The average molecular weight is 384 g/mol. The fraction of sp³-hybridized carbons (Fsp3) is 0.455. The highest BCUT2D eigenvalue weighted by atomic mass is 16.5. The molecule has 1 fully saturated rings. The summed E-state index contributed by atoms with van der Waals surface area (Å²) in [5.74, 6) is 2.01. The summed E-state index contributed by atoms with van der Waals surface area (Å²) in [4.78, 5) is 16.4. The maximum atomic E-state index is 12.2. The molecule has 1 aromatic heterocycles. The molecule has 0 aliphatic heterocycles. The van der Waals surface area contributed by atoms with Crippen molar-refractivity contribution in [3.05, 3.63) is 48.2 Å². The lowest BCUT2D eigenvalue weighted by Crippen LogP contribution is -2.41. The molecule has 6 heteroatoms. The van der Waals surface area contributed by atoms with Crippen LogP contribution < -0.4 is 19.5 Å². The Hall–Kier alpha value is -2.76. The van der Waals surface area contributed by atoms with Crippen LogP contribution in [0.2, 0.25) is 0 Å². The van der Waals surface area contributed by atoms with E-state index in [9.17, 15) is 4.79 Å². The van der Waals surface area contributed by atoms with Gasteiger partial charge in [0.15, 0.2) is 6.61 Å². The molecule has 150 valence electrons. The van der Waals surface area contributed by atoms with Gasteiger partial charge in [0.2, 0.25) is 5.88 Å². The van der Waals surface area contributed by atoms with Crippen molar-refractivity contribution in [2.75, 3.05) is 13.2 Å². The molecule has 0 radical (unpaired) electrons. The van der Waals surface area contributed by atoms with Crippen LogP contribution in [-0.4, -0.2) is 36.3 Å². The second-order valence-corrected chi connectivity index (χ2v) is 7.03. The molecule has 0 saturated heterocycles. The van der Waals surface area contributed by atoms with E-state index in [1.54, 1.807) is 12.1 Å². The zero-order valence-corrected chi connectivity index (χ0v) is 16.5. The third kappa shape index (κ3) is 6.15. The van der Waals surface area contributed by atoms with E-state index >= 15 is 0 Å². The molecular weight excluding hydrogens is 356 g/mol. The minimum atomic E-state index is -0.0987. The number of benzene rings is 1. The summed E-state index contributed by atoms with van der Waals surface area (Å²) in [5, 5.41) is 3.05. The van der Waals surface area contributed by atoms with E-state index in [2.05, 4.69) is 10.3 Å². The third-order valence-electron chi connectivity index (χ3n) is 4.72. The molecule has 1 N–H and O–H groups in total. The number of nitrogens with zero attached hydrogens (tertiary/aromatic N) is 1. The van der Waals surface area contributed by atoms with Crippen LogP contribution in [0.5, 0.6) is 17.4 Å². The first-order valence-electron chi connectivity index (χ1n) is 9.86. The Morgan fingerprint density at radius 3 is 2.32 bits per heavy atom. The predicted octanol–water partition coefficient (Wildman–Crippen LogP) is 3.67. The Bertz CT molecular complexity index is 738. The molecule has 1 aliphatic rings. The van der Waals surface area contributed by atoms with Gasteiger partial charge >= 0.3 is 0 Å². The molecule has 1 aliphatic carbocycles. The molecule has 0 unspecified atom stereocenters. The highest BCUT2D eigenvalue weighted by Gasteiger charge is 2.24. The molecule has 3 rings (SSSR count). The summed E-state index contributed by atoms with van der Waals surface area (Å²) in [6.45, 7) is 4.58. The number of rotatable bonds is 8. The van der Waals surface area contributed by atoms with Gasteiger partial charge in [-0.05, 0) is 69.4 Å². The van der Waals surface area contributed by atoms with Gasteiger partial charge < -0.3 is 19.5 Å². The molecule has 0 bridgehead atoms. The topological polar surface area (TPSA) is 69.7 Å². The lowest BCUT2D eigenvalue weighted by Gasteiger charge is -2.29. The van der Waals surface area contributed by atoms with Crippen LogP contribution >= 0.6 is 0 Å². The predicted molar refractivity (Wildman–Crippen MR) is 107 cm³/mol. The number of carbonyl (C=O) groups excluding carboxylic acids is 1. The van der Waals surface area contributed by atoms with Gasteiger partial charge in [0.05, 0.1) is 6.61 Å². The molecule has 1 amide bonds. The van der Waals surface area contributed by atoms with Gasteiger partial charge in [-0.1, -0.05) is 6.07 Å². The van der Waals surface area contributed by atoms with E-state index in [-0.39, 0.29) is 24.7 Å². The van der Waals surface area contributed by atoms with Crippen molar-refractivity contribution in [3.8, 4) is 17.4 Å². The van der Waals surface area contributed by atoms with E-state index in [4.69, 9.17) is 14.2 Å². The minimum absolute atomic E-state index is 0.0116. The molecule has 6 nitrogen and oxygen atoms in total. The summed E-state index contributed by atoms with van der Waals surface area (Å²) < 4.78 is 16.9. The standard InChI is InChI=1S/C22H28N2O4/c1-3-26-18-9-11-19(12-10-18)27-15-21(25)24-17-5-7-20(8-6-17)28-22-13-4-16(2)14-23-22/h4,9-14,17,20H,3,5-8,15H2,1-2H3,(H,24,25). The van der Waals surface area contributed by atoms with Crippen molar-refractivity contribution in [3.63, 3.8) is 0 Å². The van der Waals surface area contributed by atoms with Crippen LogP contribution in [-0.2, 0) is 4.79 Å². The first kappa shape index (κ1) is 20.0. The maximum absolute atomic E-state index is 12.2.